The summed E-state index contributed by atoms with van der Waals surface area (Å²) in [6.07, 6.45) is 7.74. The van der Waals surface area contributed by atoms with E-state index < -0.39 is 6.16 Å². The first-order valence-corrected chi connectivity index (χ1v) is 11.1. The van der Waals surface area contributed by atoms with Gasteiger partial charge in [0.25, 0.3) is 0 Å². The number of carbonyl (C=O) groups is 1. The van der Waals surface area contributed by atoms with Crippen molar-refractivity contribution in [3.63, 3.8) is 0 Å². The molecule has 2 saturated carbocycles. The molecular weight excluding hydrogens is 393 g/mol. The van der Waals surface area contributed by atoms with Crippen molar-refractivity contribution in [3.8, 4) is 5.75 Å². The van der Waals surface area contributed by atoms with Crippen molar-refractivity contribution in [1.29, 1.82) is 0 Å². The molecule has 1 N–H and O–H groups in total. The Morgan fingerprint density at radius 2 is 2.07 bits per heavy atom. The zero-order valence-corrected chi connectivity index (χ0v) is 17.1. The number of nitrogens with zero attached hydrogens (tertiary/aromatic N) is 1. The second-order valence-corrected chi connectivity index (χ2v) is 9.01. The van der Waals surface area contributed by atoms with Gasteiger partial charge in [0.1, 0.15) is 16.6 Å². The van der Waals surface area contributed by atoms with Crippen LogP contribution in [0, 0.1) is 23.6 Å². The highest BCUT2D eigenvalue weighted by molar-refractivity contribution is 8.03. The van der Waals surface area contributed by atoms with Crippen LogP contribution in [0.2, 0.25) is 0 Å². The fourth-order valence-corrected chi connectivity index (χ4v) is 5.74. The molecule has 1 aromatic rings. The molecule has 0 aromatic heterocycles. The number of benzene rings is 1. The number of allylic oxidation sites excluding steroid dienone is 1. The molecule has 2 bridgehead atoms. The van der Waals surface area contributed by atoms with Gasteiger partial charge in [0.05, 0.1) is 6.61 Å². The summed E-state index contributed by atoms with van der Waals surface area (Å²) in [6.45, 7) is 2.15. The van der Waals surface area contributed by atoms with Crippen molar-refractivity contribution in [2.45, 2.75) is 25.7 Å². The lowest BCUT2D eigenvalue weighted by Gasteiger charge is -2.34. The second-order valence-electron chi connectivity index (χ2n) is 7.93. The SMILES string of the molecule is O=C(O)OC1=C(SCCOc2ccc(F)cc2)N(CC2CC3CCC2C3)CC=C1. The quantitative estimate of drug-likeness (QED) is 0.467. The highest BCUT2D eigenvalue weighted by Gasteiger charge is 2.40. The average Bonchev–Trinajstić information content (AvgIpc) is 3.31. The van der Waals surface area contributed by atoms with Crippen LogP contribution in [0.3, 0.4) is 0 Å². The molecule has 2 aliphatic carbocycles. The number of rotatable bonds is 8. The molecule has 0 amide bonds. The summed E-state index contributed by atoms with van der Waals surface area (Å²) in [5.74, 6) is 3.71. The van der Waals surface area contributed by atoms with Gasteiger partial charge in [0, 0.05) is 18.8 Å². The van der Waals surface area contributed by atoms with Crippen LogP contribution in [-0.2, 0) is 4.74 Å². The zero-order chi connectivity index (χ0) is 20.2. The van der Waals surface area contributed by atoms with E-state index in [9.17, 15) is 9.18 Å². The van der Waals surface area contributed by atoms with E-state index in [1.54, 1.807) is 30.0 Å². The largest absolute Gasteiger partial charge is 0.511 e. The van der Waals surface area contributed by atoms with E-state index in [1.807, 2.05) is 6.08 Å². The lowest BCUT2D eigenvalue weighted by atomic mass is 9.88. The molecule has 156 valence electrons. The lowest BCUT2D eigenvalue weighted by Crippen LogP contribution is -2.33. The first kappa shape index (κ1) is 20.1. The second kappa shape index (κ2) is 9.11. The molecule has 0 spiro atoms. The van der Waals surface area contributed by atoms with Crippen LogP contribution in [0.25, 0.3) is 0 Å². The van der Waals surface area contributed by atoms with Crippen molar-refractivity contribution >= 4 is 17.9 Å². The van der Waals surface area contributed by atoms with Gasteiger partial charge < -0.3 is 19.5 Å². The zero-order valence-electron chi connectivity index (χ0n) is 16.3. The summed E-state index contributed by atoms with van der Waals surface area (Å²) in [4.78, 5) is 13.4. The minimum absolute atomic E-state index is 0.294. The highest BCUT2D eigenvalue weighted by atomic mass is 32.2. The fraction of sp³-hybridized carbons (Fsp3) is 0.500. The molecule has 1 heterocycles. The third kappa shape index (κ3) is 5.07. The van der Waals surface area contributed by atoms with Crippen LogP contribution in [0.1, 0.15) is 25.7 Å². The molecule has 3 unspecified atom stereocenters. The van der Waals surface area contributed by atoms with Crippen LogP contribution < -0.4 is 4.74 Å². The summed E-state index contributed by atoms with van der Waals surface area (Å²) >= 11 is 1.55. The molecule has 2 fully saturated rings. The van der Waals surface area contributed by atoms with Crippen LogP contribution in [-0.4, -0.2) is 41.6 Å². The number of thioether (sulfide) groups is 1. The lowest BCUT2D eigenvalue weighted by molar-refractivity contribution is 0.118. The summed E-state index contributed by atoms with van der Waals surface area (Å²) in [7, 11) is 0. The van der Waals surface area contributed by atoms with Crippen LogP contribution in [0.5, 0.6) is 5.75 Å². The maximum Gasteiger partial charge on any atom is 0.511 e. The van der Waals surface area contributed by atoms with Crippen molar-refractivity contribution in [3.05, 3.63) is 53.0 Å². The molecule has 3 atom stereocenters. The van der Waals surface area contributed by atoms with Crippen LogP contribution in [0.15, 0.2) is 47.2 Å². The molecule has 29 heavy (non-hydrogen) atoms. The molecule has 0 saturated heterocycles. The van der Waals surface area contributed by atoms with Crippen molar-refractivity contribution in [2.24, 2.45) is 17.8 Å². The van der Waals surface area contributed by atoms with E-state index in [2.05, 4.69) is 4.90 Å². The van der Waals surface area contributed by atoms with Gasteiger partial charge in [-0.05, 0) is 67.4 Å². The van der Waals surface area contributed by atoms with E-state index in [0.29, 0.717) is 29.8 Å². The van der Waals surface area contributed by atoms with E-state index in [1.165, 1.54) is 37.8 Å². The number of hydrogen-bond donors (Lipinski definition) is 1. The molecule has 1 aromatic carbocycles. The topological polar surface area (TPSA) is 59.0 Å². The fourth-order valence-electron chi connectivity index (χ4n) is 4.80. The Hall–Kier alpha value is -2.15. The monoisotopic (exact) mass is 419 g/mol. The molecule has 4 rings (SSSR count). The van der Waals surface area contributed by atoms with E-state index in [4.69, 9.17) is 14.6 Å². The normalized spacial score (nSPS) is 25.6. The molecule has 7 heteroatoms. The minimum atomic E-state index is -1.30. The molecule has 5 nitrogen and oxygen atoms in total. The summed E-state index contributed by atoms with van der Waals surface area (Å²) in [5, 5.41) is 9.97. The smallest absolute Gasteiger partial charge is 0.493 e. The first-order valence-electron chi connectivity index (χ1n) is 10.2. The minimum Gasteiger partial charge on any atom is -0.493 e. The Kier molecular flexibility index (Phi) is 6.33. The maximum atomic E-state index is 13.0. The third-order valence-electron chi connectivity index (χ3n) is 6.03. The van der Waals surface area contributed by atoms with Gasteiger partial charge in [-0.25, -0.2) is 9.18 Å². The van der Waals surface area contributed by atoms with E-state index in [0.717, 1.165) is 30.0 Å². The van der Waals surface area contributed by atoms with Gasteiger partial charge in [0.15, 0.2) is 5.76 Å². The average molecular weight is 420 g/mol. The summed E-state index contributed by atoms with van der Waals surface area (Å²) < 4.78 is 23.7. The maximum absolute atomic E-state index is 13.0. The predicted molar refractivity (Wildman–Crippen MR) is 110 cm³/mol. The first-order chi connectivity index (χ1) is 14.1. The third-order valence-corrected chi connectivity index (χ3v) is 7.14. The van der Waals surface area contributed by atoms with Gasteiger partial charge in [0.2, 0.25) is 0 Å². The molecular formula is C22H26FNO4S. The van der Waals surface area contributed by atoms with Crippen LogP contribution in [0.4, 0.5) is 9.18 Å². The van der Waals surface area contributed by atoms with Gasteiger partial charge in [-0.2, -0.15) is 0 Å². The molecule has 0 radical (unpaired) electrons. The Bertz CT molecular complexity index is 795. The van der Waals surface area contributed by atoms with E-state index >= 15 is 0 Å². The van der Waals surface area contributed by atoms with E-state index in [-0.39, 0.29) is 5.82 Å². The number of halogens is 1. The van der Waals surface area contributed by atoms with Gasteiger partial charge in [-0.15, -0.1) is 11.8 Å². The van der Waals surface area contributed by atoms with Gasteiger partial charge >= 0.3 is 6.16 Å². The molecule has 1 aliphatic heterocycles. The van der Waals surface area contributed by atoms with Crippen molar-refractivity contribution in [2.75, 3.05) is 25.4 Å². The Labute approximate surface area is 174 Å². The standard InChI is InChI=1S/C22H26FNO4S/c23-18-5-7-19(8-6-18)27-10-11-29-21-20(28-22(25)26)2-1-9-24(21)14-17-13-15-3-4-16(17)12-15/h1-2,5-8,15-17H,3-4,9-14H2,(H,25,26). The highest BCUT2D eigenvalue weighted by Crippen LogP contribution is 2.49. The number of fused-ring (bicyclic) bond motifs is 2. The Morgan fingerprint density at radius 1 is 1.24 bits per heavy atom. The Balaban J connectivity index is 1.38. The van der Waals surface area contributed by atoms with Gasteiger partial charge in [-0.3, -0.25) is 0 Å². The number of hydrogen-bond acceptors (Lipinski definition) is 5. The predicted octanol–water partition coefficient (Wildman–Crippen LogP) is 5.11. The van der Waals surface area contributed by atoms with Crippen LogP contribution >= 0.6 is 11.8 Å². The van der Waals surface area contributed by atoms with Gasteiger partial charge in [-0.1, -0.05) is 12.5 Å². The number of carboxylic acid groups (broad SMARTS) is 1. The Morgan fingerprint density at radius 3 is 2.76 bits per heavy atom. The van der Waals surface area contributed by atoms with Crippen molar-refractivity contribution < 1.29 is 23.8 Å². The number of ether oxygens (including phenoxy) is 2. The van der Waals surface area contributed by atoms with Crippen molar-refractivity contribution in [1.82, 2.24) is 4.90 Å². The summed E-state index contributed by atoms with van der Waals surface area (Å²) in [5.41, 5.74) is 0. The molecule has 3 aliphatic rings. The summed E-state index contributed by atoms with van der Waals surface area (Å²) in [6, 6.07) is 5.94.